The number of esters is 1. The van der Waals surface area contributed by atoms with E-state index in [1.807, 2.05) is 84.0 Å². The van der Waals surface area contributed by atoms with Gasteiger partial charge in [-0.05, 0) is 98.8 Å². The van der Waals surface area contributed by atoms with Crippen molar-refractivity contribution in [3.8, 4) is 17.2 Å². The molecule has 0 saturated carbocycles. The van der Waals surface area contributed by atoms with Crippen molar-refractivity contribution in [1.29, 1.82) is 0 Å². The highest BCUT2D eigenvalue weighted by atomic mass is 16.6. The summed E-state index contributed by atoms with van der Waals surface area (Å²) in [6, 6.07) is 20.1. The molecule has 4 aromatic carbocycles. The van der Waals surface area contributed by atoms with Crippen LogP contribution in [0.1, 0.15) is 80.4 Å². The van der Waals surface area contributed by atoms with Crippen LogP contribution in [-0.4, -0.2) is 30.1 Å². The molecule has 0 fully saturated rings. The lowest BCUT2D eigenvalue weighted by molar-refractivity contribution is 0.0224. The molecule has 1 amide bonds. The first-order chi connectivity index (χ1) is 20.7. The fraction of sp³-hybridized carbons (Fsp3) is 0.278. The zero-order valence-electron chi connectivity index (χ0n) is 25.6. The number of amides is 1. The fourth-order valence-electron chi connectivity index (χ4n) is 5.74. The lowest BCUT2D eigenvalue weighted by Gasteiger charge is -2.37. The minimum atomic E-state index is -1.20. The number of carbonyl (C=O) groups is 2. The number of phenolic OH excluding ortho intramolecular Hbond substituents is 1. The van der Waals surface area contributed by atoms with Crippen LogP contribution in [0.5, 0.6) is 17.2 Å². The quantitative estimate of drug-likeness (QED) is 0.208. The van der Waals surface area contributed by atoms with Crippen LogP contribution in [0, 0.1) is 20.8 Å². The Morgan fingerprint density at radius 2 is 1.49 bits per heavy atom. The summed E-state index contributed by atoms with van der Waals surface area (Å²) in [6.45, 7) is 13.3. The largest absolute Gasteiger partial charge is 0.508 e. The van der Waals surface area contributed by atoms with Gasteiger partial charge >= 0.3 is 5.97 Å². The molecule has 2 aliphatic rings. The first kappa shape index (κ1) is 29.7. The maximum Gasteiger partial charge on any atom is 0.340 e. The van der Waals surface area contributed by atoms with E-state index in [1.54, 1.807) is 24.3 Å². The van der Waals surface area contributed by atoms with Gasteiger partial charge in [0.05, 0.1) is 5.56 Å². The lowest BCUT2D eigenvalue weighted by Crippen LogP contribution is -2.33. The molecule has 1 atom stereocenters. The Morgan fingerprint density at radius 1 is 0.837 bits per heavy atom. The molecule has 0 saturated heterocycles. The molecule has 6 rings (SSSR count). The molecule has 2 aliphatic heterocycles. The Bertz CT molecular complexity index is 1710. The van der Waals surface area contributed by atoms with Crippen LogP contribution in [0.2, 0.25) is 0 Å². The van der Waals surface area contributed by atoms with Gasteiger partial charge in [0.25, 0.3) is 5.91 Å². The highest BCUT2D eigenvalue weighted by molar-refractivity contribution is 6.01. The molecule has 222 valence electrons. The molecule has 7 nitrogen and oxygen atoms in total. The molecule has 43 heavy (non-hydrogen) atoms. The third-order valence-corrected chi connectivity index (χ3v) is 8.03. The van der Waals surface area contributed by atoms with Gasteiger partial charge in [-0.2, -0.15) is 0 Å². The van der Waals surface area contributed by atoms with E-state index in [4.69, 9.17) is 9.47 Å². The van der Waals surface area contributed by atoms with E-state index in [-0.39, 0.29) is 11.7 Å². The van der Waals surface area contributed by atoms with Crippen molar-refractivity contribution in [3.63, 3.8) is 0 Å². The molecular formula is C36H38N2O5. The van der Waals surface area contributed by atoms with E-state index in [1.165, 1.54) is 0 Å². The third-order valence-electron chi connectivity index (χ3n) is 8.03. The Hall–Kier alpha value is -4.78. The Morgan fingerprint density at radius 3 is 2.19 bits per heavy atom. The number of aromatic hydroxyl groups is 1. The number of nitrogens with one attached hydrogen (secondary N) is 2. The van der Waals surface area contributed by atoms with Crippen LogP contribution >= 0.6 is 0 Å². The number of ether oxygens (including phenoxy) is 2. The molecular weight excluding hydrogens is 540 g/mol. The Balaban J connectivity index is 0.00000180. The smallest absolute Gasteiger partial charge is 0.340 e. The molecule has 3 N–H and O–H groups in total. The molecule has 0 aromatic heterocycles. The summed E-state index contributed by atoms with van der Waals surface area (Å²) in [5.41, 5.74) is 6.86. The predicted molar refractivity (Wildman–Crippen MR) is 169 cm³/mol. The Kier molecular flexibility index (Phi) is 8.18. The monoisotopic (exact) mass is 578 g/mol. The summed E-state index contributed by atoms with van der Waals surface area (Å²) in [6.07, 6.45) is 0.614. The minimum Gasteiger partial charge on any atom is -0.508 e. The van der Waals surface area contributed by atoms with Crippen molar-refractivity contribution < 1.29 is 24.2 Å². The zero-order valence-corrected chi connectivity index (χ0v) is 25.6. The van der Waals surface area contributed by atoms with Crippen molar-refractivity contribution in [2.45, 2.75) is 53.6 Å². The summed E-state index contributed by atoms with van der Waals surface area (Å²) in [5.74, 6) is 0.714. The first-order valence-electron chi connectivity index (χ1n) is 14.8. The number of fused-ring (bicyclic) bond motifs is 6. The molecule has 2 heterocycles. The molecule has 4 aromatic rings. The zero-order chi connectivity index (χ0) is 30.9. The number of rotatable bonds is 6. The topological polar surface area (TPSA) is 96.9 Å². The molecule has 0 aliphatic carbocycles. The van der Waals surface area contributed by atoms with Gasteiger partial charge in [0, 0.05) is 47.1 Å². The number of phenols is 1. The normalized spacial score (nSPS) is 15.7. The number of aryl methyl sites for hydroxylation is 3. The second-order valence-corrected chi connectivity index (χ2v) is 10.7. The Labute approximate surface area is 252 Å². The van der Waals surface area contributed by atoms with Gasteiger partial charge in [-0.1, -0.05) is 32.0 Å². The van der Waals surface area contributed by atoms with Crippen LogP contribution in [0.4, 0.5) is 5.69 Å². The lowest BCUT2D eigenvalue weighted by atomic mass is 9.76. The second kappa shape index (κ2) is 11.8. The van der Waals surface area contributed by atoms with Crippen molar-refractivity contribution in [2.24, 2.45) is 0 Å². The van der Waals surface area contributed by atoms with E-state index >= 15 is 0 Å². The van der Waals surface area contributed by atoms with Gasteiger partial charge in [-0.15, -0.1) is 0 Å². The summed E-state index contributed by atoms with van der Waals surface area (Å²) in [7, 11) is 0. The van der Waals surface area contributed by atoms with Crippen molar-refractivity contribution in [1.82, 2.24) is 5.32 Å². The minimum absolute atomic E-state index is 0.203. The van der Waals surface area contributed by atoms with Crippen molar-refractivity contribution in [3.05, 3.63) is 117 Å². The van der Waals surface area contributed by atoms with Crippen LogP contribution in [0.15, 0.2) is 66.7 Å². The predicted octanol–water partition coefficient (Wildman–Crippen LogP) is 7.32. The maximum absolute atomic E-state index is 13.5. The van der Waals surface area contributed by atoms with E-state index in [9.17, 15) is 14.7 Å². The molecule has 1 unspecified atom stereocenters. The fourth-order valence-corrected chi connectivity index (χ4v) is 5.74. The average molecular weight is 579 g/mol. The number of carbonyl (C=O) groups excluding carboxylic acids is 2. The van der Waals surface area contributed by atoms with Gasteiger partial charge in [0.1, 0.15) is 17.2 Å². The second-order valence-electron chi connectivity index (χ2n) is 10.7. The van der Waals surface area contributed by atoms with Gasteiger partial charge in [-0.25, -0.2) is 4.79 Å². The first-order valence-corrected chi connectivity index (χ1v) is 14.8. The van der Waals surface area contributed by atoms with E-state index in [0.717, 1.165) is 45.6 Å². The number of benzene rings is 4. The highest BCUT2D eigenvalue weighted by Crippen LogP contribution is 2.57. The van der Waals surface area contributed by atoms with Gasteiger partial charge < -0.3 is 25.2 Å². The molecule has 1 spiro atoms. The molecule has 0 radical (unpaired) electrons. The summed E-state index contributed by atoms with van der Waals surface area (Å²) < 4.78 is 12.8. The van der Waals surface area contributed by atoms with Crippen molar-refractivity contribution >= 4 is 17.6 Å². The van der Waals surface area contributed by atoms with Crippen LogP contribution < -0.4 is 15.4 Å². The van der Waals surface area contributed by atoms with E-state index in [0.29, 0.717) is 41.2 Å². The summed E-state index contributed by atoms with van der Waals surface area (Å²) in [4.78, 5) is 26.6. The van der Waals surface area contributed by atoms with Gasteiger partial charge in [0.15, 0.2) is 5.60 Å². The van der Waals surface area contributed by atoms with Crippen LogP contribution in [0.3, 0.4) is 0 Å². The van der Waals surface area contributed by atoms with E-state index < -0.39 is 11.6 Å². The van der Waals surface area contributed by atoms with Crippen molar-refractivity contribution in [2.75, 3.05) is 18.4 Å². The van der Waals surface area contributed by atoms with E-state index in [2.05, 4.69) is 10.6 Å². The molecule has 0 bridgehead atoms. The van der Waals surface area contributed by atoms with Crippen LogP contribution in [0.25, 0.3) is 0 Å². The SMILES string of the molecule is CC.CCNc1cc2c(cc1C)C1(OC(=O)c3cc(C(=O)NCCc4ccc(O)cc4)ccc31)c1cc(C)c(C)cc1O2. The van der Waals surface area contributed by atoms with Crippen LogP contribution in [-0.2, 0) is 16.8 Å². The standard InChI is InChI=1S/C34H32N2O5.C2H6/c1-5-35-29-18-31-28(15-21(29)4)34(27-14-19(2)20(3)16-30(27)40-31)26-11-8-23(17-25(26)33(39)41-34)32(38)36-13-12-22-6-9-24(37)10-7-22;1-2/h6-11,14-18,35,37H,5,12-13H2,1-4H3,(H,36,38);1-2H3. The number of hydrogen-bond acceptors (Lipinski definition) is 6. The average Bonchev–Trinajstić information content (AvgIpc) is 3.29. The van der Waals surface area contributed by atoms with Gasteiger partial charge in [0.2, 0.25) is 0 Å². The highest BCUT2D eigenvalue weighted by Gasteiger charge is 2.54. The molecule has 7 heteroatoms. The third kappa shape index (κ3) is 5.20. The summed E-state index contributed by atoms with van der Waals surface area (Å²) in [5, 5.41) is 15.8. The number of anilines is 1. The number of hydrogen-bond donors (Lipinski definition) is 3. The maximum atomic E-state index is 13.5. The summed E-state index contributed by atoms with van der Waals surface area (Å²) >= 11 is 0. The van der Waals surface area contributed by atoms with Gasteiger partial charge in [-0.3, -0.25) is 4.79 Å².